The van der Waals surface area contributed by atoms with Crippen LogP contribution in [0, 0.1) is 0 Å². The van der Waals surface area contributed by atoms with Gasteiger partial charge in [0.1, 0.15) is 0 Å². The van der Waals surface area contributed by atoms with Crippen molar-refractivity contribution in [1.82, 2.24) is 9.73 Å². The highest BCUT2D eigenvalue weighted by molar-refractivity contribution is 7.89. The molecule has 1 aliphatic heterocycles. The van der Waals surface area contributed by atoms with Crippen molar-refractivity contribution < 1.29 is 13.2 Å². The Kier molecular flexibility index (Phi) is 6.49. The average Bonchev–Trinajstić information content (AvgIpc) is 2.73. The second kappa shape index (κ2) is 8.86. The summed E-state index contributed by atoms with van der Waals surface area (Å²) in [6, 6.07) is 13.2. The zero-order valence-corrected chi connectivity index (χ0v) is 17.1. The fourth-order valence-corrected chi connectivity index (χ4v) is 4.90. The molecule has 1 N–H and O–H groups in total. The first-order valence-corrected chi connectivity index (χ1v) is 10.9. The van der Waals surface area contributed by atoms with Gasteiger partial charge in [-0.1, -0.05) is 42.3 Å². The molecule has 2 aromatic carbocycles. The molecule has 0 spiro atoms. The number of carbonyl (C=O) groups is 1. The summed E-state index contributed by atoms with van der Waals surface area (Å²) in [5.74, 6) is -0.484. The van der Waals surface area contributed by atoms with E-state index < -0.39 is 15.9 Å². The van der Waals surface area contributed by atoms with E-state index in [1.807, 2.05) is 12.1 Å². The number of amides is 1. The topological polar surface area (TPSA) is 78.8 Å². The van der Waals surface area contributed by atoms with E-state index in [0.29, 0.717) is 29.4 Å². The molecule has 1 aliphatic rings. The van der Waals surface area contributed by atoms with Crippen molar-refractivity contribution in [2.75, 3.05) is 13.1 Å². The van der Waals surface area contributed by atoms with Gasteiger partial charge in [0.2, 0.25) is 10.0 Å². The molecule has 0 atom stereocenters. The van der Waals surface area contributed by atoms with E-state index in [9.17, 15) is 13.2 Å². The highest BCUT2D eigenvalue weighted by Gasteiger charge is 2.26. The molecule has 6 nitrogen and oxygen atoms in total. The Bertz CT molecular complexity index is 999. The van der Waals surface area contributed by atoms with Crippen LogP contribution in [0.3, 0.4) is 0 Å². The lowest BCUT2D eigenvalue weighted by Crippen LogP contribution is -2.35. The lowest BCUT2D eigenvalue weighted by molar-refractivity contribution is 0.0954. The van der Waals surface area contributed by atoms with Crippen LogP contribution in [0.5, 0.6) is 0 Å². The summed E-state index contributed by atoms with van der Waals surface area (Å²) in [6.07, 6.45) is 2.75. The van der Waals surface area contributed by atoms with Crippen LogP contribution in [-0.4, -0.2) is 37.4 Å². The number of hydrogen-bond acceptors (Lipinski definition) is 4. The predicted octanol–water partition coefficient (Wildman–Crippen LogP) is 3.67. The Labute approximate surface area is 170 Å². The summed E-state index contributed by atoms with van der Waals surface area (Å²) >= 11 is 6.13. The van der Waals surface area contributed by atoms with Crippen LogP contribution in [0.15, 0.2) is 58.5 Å². The number of sulfonamides is 1. The number of nitrogens with zero attached hydrogens (tertiary/aromatic N) is 2. The van der Waals surface area contributed by atoms with Gasteiger partial charge in [-0.05, 0) is 44.0 Å². The lowest BCUT2D eigenvalue weighted by Gasteiger charge is -2.25. The quantitative estimate of drug-likeness (QED) is 0.593. The SMILES string of the molecule is C/C(=N/NC(=O)c1cccc(S(=O)(=O)N2CCCCC2)c1)c1ccccc1Cl. The maximum atomic E-state index is 12.8. The van der Waals surface area contributed by atoms with E-state index in [0.717, 1.165) is 19.3 Å². The molecule has 0 aromatic heterocycles. The number of hydrazone groups is 1. The zero-order valence-electron chi connectivity index (χ0n) is 15.6. The molecular weight excluding hydrogens is 398 g/mol. The summed E-state index contributed by atoms with van der Waals surface area (Å²) in [7, 11) is -3.60. The molecule has 0 radical (unpaired) electrons. The third-order valence-corrected chi connectivity index (χ3v) is 6.86. The van der Waals surface area contributed by atoms with Gasteiger partial charge in [-0.15, -0.1) is 0 Å². The summed E-state index contributed by atoms with van der Waals surface area (Å²) in [4.78, 5) is 12.6. The first-order valence-electron chi connectivity index (χ1n) is 9.09. The van der Waals surface area contributed by atoms with Gasteiger partial charge in [-0.3, -0.25) is 4.79 Å². The second-order valence-corrected chi connectivity index (χ2v) is 8.96. The van der Waals surface area contributed by atoms with Crippen molar-refractivity contribution in [2.45, 2.75) is 31.1 Å². The van der Waals surface area contributed by atoms with Crippen molar-refractivity contribution in [2.24, 2.45) is 5.10 Å². The normalized spacial score (nSPS) is 16.0. The molecule has 148 valence electrons. The minimum atomic E-state index is -3.60. The van der Waals surface area contributed by atoms with E-state index in [2.05, 4.69) is 10.5 Å². The highest BCUT2D eigenvalue weighted by Crippen LogP contribution is 2.21. The first-order chi connectivity index (χ1) is 13.4. The molecule has 0 unspecified atom stereocenters. The van der Waals surface area contributed by atoms with Crippen LogP contribution in [-0.2, 0) is 10.0 Å². The predicted molar refractivity (Wildman–Crippen MR) is 110 cm³/mol. The van der Waals surface area contributed by atoms with Crippen molar-refractivity contribution in [3.8, 4) is 0 Å². The third-order valence-electron chi connectivity index (χ3n) is 4.64. The van der Waals surface area contributed by atoms with Gasteiger partial charge in [0, 0.05) is 29.2 Å². The van der Waals surface area contributed by atoms with Crippen LogP contribution in [0.25, 0.3) is 0 Å². The second-order valence-electron chi connectivity index (χ2n) is 6.61. The maximum absolute atomic E-state index is 12.8. The summed E-state index contributed by atoms with van der Waals surface area (Å²) in [6.45, 7) is 2.76. The Morgan fingerprint density at radius 1 is 1.07 bits per heavy atom. The van der Waals surface area contributed by atoms with Gasteiger partial charge < -0.3 is 0 Å². The van der Waals surface area contributed by atoms with E-state index in [1.165, 1.54) is 16.4 Å². The van der Waals surface area contributed by atoms with Gasteiger partial charge in [0.15, 0.2) is 0 Å². The van der Waals surface area contributed by atoms with E-state index in [1.54, 1.807) is 31.2 Å². The molecule has 8 heteroatoms. The number of piperidine rings is 1. The van der Waals surface area contributed by atoms with Crippen LogP contribution < -0.4 is 5.43 Å². The van der Waals surface area contributed by atoms with Gasteiger partial charge >= 0.3 is 0 Å². The van der Waals surface area contributed by atoms with Crippen LogP contribution in [0.4, 0.5) is 0 Å². The third kappa shape index (κ3) is 4.60. The monoisotopic (exact) mass is 419 g/mol. The lowest BCUT2D eigenvalue weighted by atomic mass is 10.1. The minimum absolute atomic E-state index is 0.119. The smallest absolute Gasteiger partial charge is 0.267 e. The van der Waals surface area contributed by atoms with E-state index in [4.69, 9.17) is 11.6 Å². The number of nitrogens with one attached hydrogen (secondary N) is 1. The Balaban J connectivity index is 1.77. The Hall–Kier alpha value is -2.22. The minimum Gasteiger partial charge on any atom is -0.267 e. The standard InChI is InChI=1S/C20H22ClN3O3S/c1-15(18-10-3-4-11-19(18)21)22-23-20(25)16-8-7-9-17(14-16)28(26,27)24-12-5-2-6-13-24/h3-4,7-11,14H,2,5-6,12-13H2,1H3,(H,23,25)/b22-15-. The molecule has 0 saturated carbocycles. The molecule has 1 fully saturated rings. The average molecular weight is 420 g/mol. The van der Waals surface area contributed by atoms with Gasteiger partial charge in [-0.25, -0.2) is 13.8 Å². The maximum Gasteiger partial charge on any atom is 0.271 e. The molecule has 1 saturated heterocycles. The fraction of sp³-hybridized carbons (Fsp3) is 0.300. The van der Waals surface area contributed by atoms with Crippen LogP contribution in [0.2, 0.25) is 5.02 Å². The molecule has 3 rings (SSSR count). The number of rotatable bonds is 5. The number of hydrogen-bond donors (Lipinski definition) is 1. The van der Waals surface area contributed by atoms with E-state index >= 15 is 0 Å². The molecule has 1 heterocycles. The van der Waals surface area contributed by atoms with E-state index in [-0.39, 0.29) is 10.5 Å². The number of halogens is 1. The highest BCUT2D eigenvalue weighted by atomic mass is 35.5. The first kappa shape index (κ1) is 20.5. The summed E-state index contributed by atoms with van der Waals surface area (Å²) < 4.78 is 27.1. The van der Waals surface area contributed by atoms with Crippen LogP contribution in [0.1, 0.15) is 42.1 Å². The van der Waals surface area contributed by atoms with Crippen molar-refractivity contribution in [3.63, 3.8) is 0 Å². The van der Waals surface area contributed by atoms with Gasteiger partial charge in [0.05, 0.1) is 10.6 Å². The van der Waals surface area contributed by atoms with Crippen molar-refractivity contribution in [1.29, 1.82) is 0 Å². The molecule has 0 aliphatic carbocycles. The van der Waals surface area contributed by atoms with Gasteiger partial charge in [-0.2, -0.15) is 9.41 Å². The van der Waals surface area contributed by atoms with Crippen molar-refractivity contribution >= 4 is 33.2 Å². The summed E-state index contributed by atoms with van der Waals surface area (Å²) in [5, 5.41) is 4.62. The Morgan fingerprint density at radius 2 is 1.79 bits per heavy atom. The summed E-state index contributed by atoms with van der Waals surface area (Å²) in [5.41, 5.74) is 3.96. The molecule has 1 amide bonds. The molecule has 28 heavy (non-hydrogen) atoms. The zero-order chi connectivity index (χ0) is 20.1. The number of carbonyl (C=O) groups excluding carboxylic acids is 1. The fourth-order valence-electron chi connectivity index (χ4n) is 3.07. The Morgan fingerprint density at radius 3 is 2.50 bits per heavy atom. The molecular formula is C20H22ClN3O3S. The number of benzene rings is 2. The molecule has 0 bridgehead atoms. The largest absolute Gasteiger partial charge is 0.271 e. The molecule has 2 aromatic rings. The van der Waals surface area contributed by atoms with Crippen molar-refractivity contribution in [3.05, 3.63) is 64.7 Å². The van der Waals surface area contributed by atoms with Crippen LogP contribution >= 0.6 is 11.6 Å². The van der Waals surface area contributed by atoms with Gasteiger partial charge in [0.25, 0.3) is 5.91 Å².